The first-order valence-electron chi connectivity index (χ1n) is 5.35. The maximum Gasteiger partial charge on any atom is 0.122 e. The standard InChI is InChI=1S/C12H18O3/c13-8-3-1-2-4-9-15-12-7-5-6-11(14)10-12/h5-7,10,13-14H,1-4,8-9H2. The van der Waals surface area contributed by atoms with E-state index in [2.05, 4.69) is 0 Å². The molecule has 0 radical (unpaired) electrons. The van der Waals surface area contributed by atoms with E-state index in [0.29, 0.717) is 12.4 Å². The molecule has 84 valence electrons. The number of aromatic hydroxyl groups is 1. The Morgan fingerprint density at radius 1 is 1.07 bits per heavy atom. The number of aliphatic hydroxyl groups excluding tert-OH is 1. The molecule has 1 rings (SSSR count). The molecule has 0 bridgehead atoms. The molecule has 0 unspecified atom stereocenters. The summed E-state index contributed by atoms with van der Waals surface area (Å²) in [6.07, 6.45) is 3.96. The fourth-order valence-electron chi connectivity index (χ4n) is 1.33. The molecular weight excluding hydrogens is 192 g/mol. The largest absolute Gasteiger partial charge is 0.508 e. The van der Waals surface area contributed by atoms with Crippen LogP contribution in [-0.4, -0.2) is 23.4 Å². The van der Waals surface area contributed by atoms with Crippen molar-refractivity contribution in [2.24, 2.45) is 0 Å². The molecular formula is C12H18O3. The normalized spacial score (nSPS) is 10.2. The molecule has 1 aromatic carbocycles. The Bertz CT molecular complexity index is 273. The molecule has 0 aliphatic heterocycles. The van der Waals surface area contributed by atoms with Gasteiger partial charge in [0, 0.05) is 12.7 Å². The summed E-state index contributed by atoms with van der Waals surface area (Å²) < 4.78 is 5.44. The van der Waals surface area contributed by atoms with Gasteiger partial charge in [-0.25, -0.2) is 0 Å². The Morgan fingerprint density at radius 2 is 1.87 bits per heavy atom. The highest BCUT2D eigenvalue weighted by molar-refractivity contribution is 5.31. The van der Waals surface area contributed by atoms with Gasteiger partial charge in [0.15, 0.2) is 0 Å². The number of aliphatic hydroxyl groups is 1. The number of unbranched alkanes of at least 4 members (excludes halogenated alkanes) is 3. The summed E-state index contributed by atoms with van der Waals surface area (Å²) in [4.78, 5) is 0. The maximum absolute atomic E-state index is 9.18. The Kier molecular flexibility index (Phi) is 5.63. The number of phenols is 1. The Labute approximate surface area is 90.3 Å². The summed E-state index contributed by atoms with van der Waals surface area (Å²) >= 11 is 0. The van der Waals surface area contributed by atoms with Gasteiger partial charge in [0.05, 0.1) is 6.61 Å². The quantitative estimate of drug-likeness (QED) is 0.679. The third-order valence-corrected chi connectivity index (χ3v) is 2.14. The zero-order chi connectivity index (χ0) is 10.9. The summed E-state index contributed by atoms with van der Waals surface area (Å²) in [5.74, 6) is 0.935. The second kappa shape index (κ2) is 7.12. The lowest BCUT2D eigenvalue weighted by atomic mass is 10.2. The zero-order valence-electron chi connectivity index (χ0n) is 8.85. The van der Waals surface area contributed by atoms with Crippen molar-refractivity contribution < 1.29 is 14.9 Å². The van der Waals surface area contributed by atoms with Gasteiger partial charge in [0.25, 0.3) is 0 Å². The van der Waals surface area contributed by atoms with E-state index in [1.54, 1.807) is 18.2 Å². The van der Waals surface area contributed by atoms with Crippen molar-refractivity contribution in [1.29, 1.82) is 0 Å². The van der Waals surface area contributed by atoms with E-state index < -0.39 is 0 Å². The van der Waals surface area contributed by atoms with E-state index in [4.69, 9.17) is 9.84 Å². The van der Waals surface area contributed by atoms with Crippen molar-refractivity contribution in [3.05, 3.63) is 24.3 Å². The van der Waals surface area contributed by atoms with E-state index in [-0.39, 0.29) is 12.4 Å². The predicted octanol–water partition coefficient (Wildman–Crippen LogP) is 2.32. The summed E-state index contributed by atoms with van der Waals surface area (Å²) in [5.41, 5.74) is 0. The van der Waals surface area contributed by atoms with Crippen LogP contribution in [0.1, 0.15) is 25.7 Å². The smallest absolute Gasteiger partial charge is 0.122 e. The minimum absolute atomic E-state index is 0.229. The molecule has 0 saturated heterocycles. The van der Waals surface area contributed by atoms with Gasteiger partial charge in [-0.15, -0.1) is 0 Å². The average molecular weight is 210 g/mol. The topological polar surface area (TPSA) is 49.7 Å². The molecule has 2 N–H and O–H groups in total. The summed E-state index contributed by atoms with van der Waals surface area (Å²) in [7, 11) is 0. The molecule has 3 nitrogen and oxygen atoms in total. The van der Waals surface area contributed by atoms with Gasteiger partial charge in [-0.2, -0.15) is 0 Å². The number of benzene rings is 1. The molecule has 0 atom stereocenters. The first-order valence-corrected chi connectivity index (χ1v) is 5.35. The van der Waals surface area contributed by atoms with Crippen LogP contribution in [-0.2, 0) is 0 Å². The Balaban J connectivity index is 2.10. The highest BCUT2D eigenvalue weighted by atomic mass is 16.5. The van der Waals surface area contributed by atoms with Crippen LogP contribution in [0.25, 0.3) is 0 Å². The lowest BCUT2D eigenvalue weighted by Crippen LogP contribution is -1.97. The first-order chi connectivity index (χ1) is 7.33. The van der Waals surface area contributed by atoms with Gasteiger partial charge in [0.1, 0.15) is 11.5 Å². The molecule has 0 aromatic heterocycles. The SMILES string of the molecule is OCCCCCCOc1cccc(O)c1. The molecule has 15 heavy (non-hydrogen) atoms. The summed E-state index contributed by atoms with van der Waals surface area (Å²) in [6, 6.07) is 6.81. The van der Waals surface area contributed by atoms with Crippen molar-refractivity contribution in [2.75, 3.05) is 13.2 Å². The van der Waals surface area contributed by atoms with Gasteiger partial charge < -0.3 is 14.9 Å². The van der Waals surface area contributed by atoms with Gasteiger partial charge in [-0.05, 0) is 31.4 Å². The molecule has 0 amide bonds. The number of hydrogen-bond donors (Lipinski definition) is 2. The second-order valence-corrected chi connectivity index (χ2v) is 3.48. The lowest BCUT2D eigenvalue weighted by molar-refractivity contribution is 0.273. The van der Waals surface area contributed by atoms with Crippen LogP contribution < -0.4 is 4.74 Å². The van der Waals surface area contributed by atoms with Gasteiger partial charge >= 0.3 is 0 Å². The fourth-order valence-corrected chi connectivity index (χ4v) is 1.33. The number of phenolic OH excluding ortho intramolecular Hbond substituents is 1. The Morgan fingerprint density at radius 3 is 2.60 bits per heavy atom. The maximum atomic E-state index is 9.18. The molecule has 0 spiro atoms. The van der Waals surface area contributed by atoms with E-state index in [1.807, 2.05) is 6.07 Å². The van der Waals surface area contributed by atoms with Crippen molar-refractivity contribution in [1.82, 2.24) is 0 Å². The fraction of sp³-hybridized carbons (Fsp3) is 0.500. The third-order valence-electron chi connectivity index (χ3n) is 2.14. The van der Waals surface area contributed by atoms with Crippen molar-refractivity contribution in [2.45, 2.75) is 25.7 Å². The minimum Gasteiger partial charge on any atom is -0.508 e. The predicted molar refractivity (Wildman–Crippen MR) is 59.2 cm³/mol. The van der Waals surface area contributed by atoms with Crippen LogP contribution >= 0.6 is 0 Å². The van der Waals surface area contributed by atoms with E-state index >= 15 is 0 Å². The zero-order valence-corrected chi connectivity index (χ0v) is 8.85. The molecule has 1 aromatic rings. The van der Waals surface area contributed by atoms with Crippen LogP contribution in [0.15, 0.2) is 24.3 Å². The number of ether oxygens (including phenoxy) is 1. The number of hydrogen-bond acceptors (Lipinski definition) is 3. The first kappa shape index (κ1) is 11.9. The highest BCUT2D eigenvalue weighted by Gasteiger charge is 1.95. The van der Waals surface area contributed by atoms with Crippen LogP contribution in [0.3, 0.4) is 0 Å². The molecule has 0 fully saturated rings. The van der Waals surface area contributed by atoms with Crippen LogP contribution in [0.2, 0.25) is 0 Å². The molecule has 0 aliphatic rings. The molecule has 3 heteroatoms. The molecule has 0 heterocycles. The third kappa shape index (κ3) is 5.27. The molecule has 0 saturated carbocycles. The van der Waals surface area contributed by atoms with Gasteiger partial charge in [0.2, 0.25) is 0 Å². The van der Waals surface area contributed by atoms with Crippen LogP contribution in [0, 0.1) is 0 Å². The van der Waals surface area contributed by atoms with Crippen molar-refractivity contribution in [3.8, 4) is 11.5 Å². The monoisotopic (exact) mass is 210 g/mol. The highest BCUT2D eigenvalue weighted by Crippen LogP contribution is 2.17. The summed E-state index contributed by atoms with van der Waals surface area (Å²) in [5, 5.41) is 17.8. The van der Waals surface area contributed by atoms with Crippen LogP contribution in [0.4, 0.5) is 0 Å². The summed E-state index contributed by atoms with van der Waals surface area (Å²) in [6.45, 7) is 0.933. The number of rotatable bonds is 7. The Hall–Kier alpha value is -1.22. The minimum atomic E-state index is 0.229. The van der Waals surface area contributed by atoms with Crippen LogP contribution in [0.5, 0.6) is 11.5 Å². The van der Waals surface area contributed by atoms with E-state index in [0.717, 1.165) is 25.7 Å². The van der Waals surface area contributed by atoms with Crippen molar-refractivity contribution >= 4 is 0 Å². The van der Waals surface area contributed by atoms with E-state index in [1.165, 1.54) is 0 Å². The van der Waals surface area contributed by atoms with Gasteiger partial charge in [-0.1, -0.05) is 12.5 Å². The lowest BCUT2D eigenvalue weighted by Gasteiger charge is -2.05. The average Bonchev–Trinajstić information content (AvgIpc) is 2.23. The van der Waals surface area contributed by atoms with E-state index in [9.17, 15) is 5.11 Å². The second-order valence-electron chi connectivity index (χ2n) is 3.48. The molecule has 0 aliphatic carbocycles. The van der Waals surface area contributed by atoms with Gasteiger partial charge in [-0.3, -0.25) is 0 Å². The van der Waals surface area contributed by atoms with Crippen molar-refractivity contribution in [3.63, 3.8) is 0 Å².